The van der Waals surface area contributed by atoms with Crippen molar-refractivity contribution in [3.63, 3.8) is 0 Å². The number of nitrogens with zero attached hydrogens (tertiary/aromatic N) is 2. The number of nitrogens with one attached hydrogen (secondary N) is 1. The second-order valence-corrected chi connectivity index (χ2v) is 6.97. The molecule has 0 aliphatic rings. The van der Waals surface area contributed by atoms with Crippen molar-refractivity contribution in [3.05, 3.63) is 99.9 Å². The Hall–Kier alpha value is -3.58. The summed E-state index contributed by atoms with van der Waals surface area (Å²) in [5.41, 5.74) is 2.92. The Morgan fingerprint density at radius 1 is 1.07 bits per heavy atom. The summed E-state index contributed by atoms with van der Waals surface area (Å²) in [6.07, 6.45) is 3.50. The van der Waals surface area contributed by atoms with Crippen LogP contribution >= 0.6 is 12.2 Å². The highest BCUT2D eigenvalue weighted by molar-refractivity contribution is 7.81. The number of rotatable bonds is 5. The van der Waals surface area contributed by atoms with Gasteiger partial charge in [-0.2, -0.15) is 4.57 Å². The zero-order valence-electron chi connectivity index (χ0n) is 16.0. The van der Waals surface area contributed by atoms with E-state index >= 15 is 0 Å². The third-order valence-electron chi connectivity index (χ3n) is 4.37. The largest absolute Gasteiger partial charge is 0.502 e. The fourth-order valence-corrected chi connectivity index (χ4v) is 3.22. The van der Waals surface area contributed by atoms with E-state index in [0.29, 0.717) is 16.8 Å². The zero-order valence-corrected chi connectivity index (χ0v) is 16.8. The van der Waals surface area contributed by atoms with E-state index in [0.717, 1.165) is 11.3 Å². The molecule has 1 heterocycles. The number of aliphatic hydroxyl groups excluding tert-OH is 1. The van der Waals surface area contributed by atoms with Crippen molar-refractivity contribution in [2.75, 3.05) is 5.32 Å². The zero-order chi connectivity index (χ0) is 21.0. The van der Waals surface area contributed by atoms with Crippen molar-refractivity contribution in [2.24, 2.45) is 0 Å². The molecular weight excluding hydrogens is 386 g/mol. The van der Waals surface area contributed by atoms with E-state index in [1.54, 1.807) is 48.1 Å². The Morgan fingerprint density at radius 3 is 2.45 bits per heavy atom. The van der Waals surface area contributed by atoms with E-state index < -0.39 is 4.92 Å². The molecule has 0 unspecified atom stereocenters. The van der Waals surface area contributed by atoms with Crippen molar-refractivity contribution in [3.8, 4) is 0 Å². The number of benzene rings is 2. The maximum atomic E-state index is 11.3. The molecule has 29 heavy (non-hydrogen) atoms. The summed E-state index contributed by atoms with van der Waals surface area (Å²) in [4.78, 5) is 11.1. The van der Waals surface area contributed by atoms with Gasteiger partial charge in [0, 0.05) is 35.0 Å². The standard InChI is InChI=1S/C22H19N3O3S/c1-15-7-6-8-18(13-15)23-22(29)20(24-11-4-3-5-12-24)21(26)17-10-9-16(2)19(14-17)25(27)28/h3-14H,1-2H3,(H-,23,26,29)/p+1. The Labute approximate surface area is 173 Å². The van der Waals surface area contributed by atoms with Gasteiger partial charge in [0.2, 0.25) is 0 Å². The number of aliphatic hydroxyl groups is 1. The van der Waals surface area contributed by atoms with Gasteiger partial charge in [0.15, 0.2) is 23.1 Å². The number of thiocarbonyl (C=S) groups is 1. The van der Waals surface area contributed by atoms with Crippen LogP contribution in [0, 0.1) is 24.0 Å². The molecule has 0 spiro atoms. The smallest absolute Gasteiger partial charge is 0.288 e. The number of anilines is 1. The summed E-state index contributed by atoms with van der Waals surface area (Å²) < 4.78 is 1.67. The van der Waals surface area contributed by atoms with Crippen LogP contribution < -0.4 is 9.88 Å². The molecule has 146 valence electrons. The van der Waals surface area contributed by atoms with Crippen LogP contribution in [-0.2, 0) is 0 Å². The molecule has 2 aromatic carbocycles. The van der Waals surface area contributed by atoms with Gasteiger partial charge in [-0.1, -0.05) is 42.5 Å². The fourth-order valence-electron chi connectivity index (χ4n) is 2.90. The maximum absolute atomic E-state index is 11.3. The molecule has 0 bridgehead atoms. The quantitative estimate of drug-likeness (QED) is 0.159. The first-order chi connectivity index (χ1) is 13.9. The third kappa shape index (κ3) is 4.64. The minimum absolute atomic E-state index is 0.0657. The van der Waals surface area contributed by atoms with E-state index in [9.17, 15) is 15.2 Å². The molecule has 3 rings (SSSR count). The highest BCUT2D eigenvalue weighted by Gasteiger charge is 2.25. The second kappa shape index (κ2) is 8.62. The van der Waals surface area contributed by atoms with Gasteiger partial charge in [-0.15, -0.1) is 0 Å². The minimum atomic E-state index is -0.467. The van der Waals surface area contributed by atoms with Crippen molar-refractivity contribution in [1.82, 2.24) is 0 Å². The summed E-state index contributed by atoms with van der Waals surface area (Å²) in [5, 5.41) is 25.5. The van der Waals surface area contributed by atoms with Crippen molar-refractivity contribution in [1.29, 1.82) is 0 Å². The molecule has 3 aromatic rings. The minimum Gasteiger partial charge on any atom is -0.502 e. The molecule has 0 saturated heterocycles. The monoisotopic (exact) mass is 406 g/mol. The van der Waals surface area contributed by atoms with Crippen LogP contribution in [0.15, 0.2) is 73.1 Å². The normalized spacial score (nSPS) is 11.5. The third-order valence-corrected chi connectivity index (χ3v) is 4.66. The average molecular weight is 406 g/mol. The SMILES string of the molecule is Cc1cccc(NC(=S)/C(=C(/O)c2ccc(C)c([N+](=O)[O-])c2)[n+]2ccccc2)c1. The lowest BCUT2D eigenvalue weighted by molar-refractivity contribution is -0.575. The predicted molar refractivity (Wildman–Crippen MR) is 118 cm³/mol. The maximum Gasteiger partial charge on any atom is 0.288 e. The van der Waals surface area contributed by atoms with Crippen LogP contribution in [-0.4, -0.2) is 15.0 Å². The van der Waals surface area contributed by atoms with Gasteiger partial charge in [-0.05, 0) is 31.5 Å². The summed E-state index contributed by atoms with van der Waals surface area (Å²) >= 11 is 5.59. The highest BCUT2D eigenvalue weighted by atomic mass is 32.1. The van der Waals surface area contributed by atoms with Crippen LogP contribution in [0.3, 0.4) is 0 Å². The molecule has 0 aliphatic heterocycles. The Bertz CT molecular complexity index is 1110. The van der Waals surface area contributed by atoms with Gasteiger partial charge in [0.25, 0.3) is 11.4 Å². The van der Waals surface area contributed by atoms with Crippen LogP contribution in [0.1, 0.15) is 16.7 Å². The molecule has 7 heteroatoms. The lowest BCUT2D eigenvalue weighted by Gasteiger charge is -2.11. The Kier molecular flexibility index (Phi) is 5.99. The number of nitro groups is 1. The molecule has 0 atom stereocenters. The van der Waals surface area contributed by atoms with E-state index in [1.807, 2.05) is 37.3 Å². The molecule has 0 amide bonds. The van der Waals surface area contributed by atoms with Gasteiger partial charge >= 0.3 is 0 Å². The molecule has 1 aromatic heterocycles. The predicted octanol–water partition coefficient (Wildman–Crippen LogP) is 4.82. The van der Waals surface area contributed by atoms with Crippen molar-refractivity contribution >= 4 is 40.0 Å². The van der Waals surface area contributed by atoms with Gasteiger partial charge in [0.05, 0.1) is 4.92 Å². The molecule has 0 aliphatic carbocycles. The molecule has 6 nitrogen and oxygen atoms in total. The first-order valence-corrected chi connectivity index (χ1v) is 9.31. The van der Waals surface area contributed by atoms with Crippen LogP contribution in [0.2, 0.25) is 0 Å². The Balaban J connectivity index is 2.11. The number of pyridine rings is 1. The summed E-state index contributed by atoms with van der Waals surface area (Å²) in [5.74, 6) is -0.158. The lowest BCUT2D eigenvalue weighted by atomic mass is 10.1. The average Bonchev–Trinajstić information content (AvgIpc) is 2.69. The van der Waals surface area contributed by atoms with E-state index in [4.69, 9.17) is 12.2 Å². The van der Waals surface area contributed by atoms with Crippen LogP contribution in [0.25, 0.3) is 11.5 Å². The number of aromatic nitrogens is 1. The first kappa shape index (κ1) is 20.2. The first-order valence-electron chi connectivity index (χ1n) is 8.90. The van der Waals surface area contributed by atoms with Gasteiger partial charge < -0.3 is 10.4 Å². The van der Waals surface area contributed by atoms with E-state index in [-0.39, 0.29) is 16.4 Å². The van der Waals surface area contributed by atoms with E-state index in [1.165, 1.54) is 6.07 Å². The van der Waals surface area contributed by atoms with Gasteiger partial charge in [0.1, 0.15) is 0 Å². The van der Waals surface area contributed by atoms with Gasteiger partial charge in [-0.3, -0.25) is 10.1 Å². The lowest BCUT2D eigenvalue weighted by Crippen LogP contribution is -2.38. The second-order valence-electron chi connectivity index (χ2n) is 6.56. The summed E-state index contributed by atoms with van der Waals surface area (Å²) in [7, 11) is 0. The fraction of sp³-hybridized carbons (Fsp3) is 0.0909. The highest BCUT2D eigenvalue weighted by Crippen LogP contribution is 2.25. The summed E-state index contributed by atoms with van der Waals surface area (Å²) in [6, 6.07) is 17.7. The van der Waals surface area contributed by atoms with Crippen molar-refractivity contribution in [2.45, 2.75) is 13.8 Å². The van der Waals surface area contributed by atoms with Crippen molar-refractivity contribution < 1.29 is 14.6 Å². The number of nitro benzene ring substituents is 1. The number of hydrogen-bond acceptors (Lipinski definition) is 4. The number of aryl methyl sites for hydroxylation is 2. The van der Waals surface area contributed by atoms with Crippen LogP contribution in [0.4, 0.5) is 11.4 Å². The molecule has 0 fully saturated rings. The molecule has 2 N–H and O–H groups in total. The molecule has 0 saturated carbocycles. The van der Waals surface area contributed by atoms with E-state index in [2.05, 4.69) is 5.32 Å². The molecular formula is C22H20N3O3S+. The number of hydrogen-bond donors (Lipinski definition) is 2. The van der Waals surface area contributed by atoms with Gasteiger partial charge in [-0.25, -0.2) is 0 Å². The molecule has 0 radical (unpaired) electrons. The summed E-state index contributed by atoms with van der Waals surface area (Å²) in [6.45, 7) is 3.62. The van der Waals surface area contributed by atoms with Crippen LogP contribution in [0.5, 0.6) is 0 Å². The topological polar surface area (TPSA) is 79.3 Å². The Morgan fingerprint density at radius 2 is 1.79 bits per heavy atom.